The summed E-state index contributed by atoms with van der Waals surface area (Å²) in [6.45, 7) is 3.42. The second-order valence-corrected chi connectivity index (χ2v) is 7.29. The number of amides is 1. The first-order valence-electron chi connectivity index (χ1n) is 7.85. The van der Waals surface area contributed by atoms with Crippen LogP contribution in [0.5, 0.6) is 0 Å². The number of nitrogens with one attached hydrogen (secondary N) is 2. The molecule has 0 saturated heterocycles. The lowest BCUT2D eigenvalue weighted by Gasteiger charge is -2.05. The van der Waals surface area contributed by atoms with Crippen LogP contribution >= 0.6 is 22.9 Å². The summed E-state index contributed by atoms with van der Waals surface area (Å²) < 4.78 is 0. The number of anilines is 1. The molecule has 26 heavy (non-hydrogen) atoms. The van der Waals surface area contributed by atoms with Crippen LogP contribution in [0.2, 0.25) is 5.02 Å². The van der Waals surface area contributed by atoms with Gasteiger partial charge in [0.05, 0.1) is 38.0 Å². The average Bonchev–Trinajstić information content (AvgIpc) is 3.17. The van der Waals surface area contributed by atoms with Crippen LogP contribution in [0, 0.1) is 6.92 Å². The molecule has 4 aromatic rings. The van der Waals surface area contributed by atoms with Crippen molar-refractivity contribution in [2.45, 2.75) is 13.8 Å². The molecular formula is C18H14ClN5OS. The standard InChI is InChI=1S/C18H14ClN5OS/c1-9(25)22-15-5-11(3-4-20-15)17-16(14-8-26-10(2)23-14)18-13(24-17)6-12(19)7-21-18/h3-8,24H,1-2H3,(H,20,22,25). The summed E-state index contributed by atoms with van der Waals surface area (Å²) in [5.74, 6) is 0.315. The average molecular weight is 384 g/mol. The molecule has 6 nitrogen and oxygen atoms in total. The Morgan fingerprint density at radius 3 is 2.88 bits per heavy atom. The normalized spacial score (nSPS) is 11.0. The Kier molecular flexibility index (Phi) is 4.18. The molecule has 0 spiro atoms. The second-order valence-electron chi connectivity index (χ2n) is 5.79. The summed E-state index contributed by atoms with van der Waals surface area (Å²) in [4.78, 5) is 28.0. The molecule has 0 bridgehead atoms. The maximum Gasteiger partial charge on any atom is 0.222 e. The van der Waals surface area contributed by atoms with Gasteiger partial charge in [-0.1, -0.05) is 11.6 Å². The molecule has 0 unspecified atom stereocenters. The minimum atomic E-state index is -0.171. The third kappa shape index (κ3) is 3.07. The van der Waals surface area contributed by atoms with E-state index in [0.29, 0.717) is 10.8 Å². The van der Waals surface area contributed by atoms with Gasteiger partial charge in [-0.15, -0.1) is 11.3 Å². The van der Waals surface area contributed by atoms with E-state index in [-0.39, 0.29) is 5.91 Å². The number of rotatable bonds is 3. The predicted molar refractivity (Wildman–Crippen MR) is 104 cm³/mol. The Morgan fingerprint density at radius 2 is 2.15 bits per heavy atom. The lowest BCUT2D eigenvalue weighted by Crippen LogP contribution is -2.07. The van der Waals surface area contributed by atoms with Crippen molar-refractivity contribution in [3.8, 4) is 22.5 Å². The molecule has 0 aliphatic heterocycles. The third-order valence-electron chi connectivity index (χ3n) is 3.83. The number of hydrogen-bond acceptors (Lipinski definition) is 5. The van der Waals surface area contributed by atoms with Crippen molar-refractivity contribution in [1.29, 1.82) is 0 Å². The number of halogens is 1. The number of fused-ring (bicyclic) bond motifs is 1. The van der Waals surface area contributed by atoms with E-state index in [9.17, 15) is 4.79 Å². The van der Waals surface area contributed by atoms with Crippen molar-refractivity contribution < 1.29 is 4.79 Å². The van der Waals surface area contributed by atoms with E-state index < -0.39 is 0 Å². The minimum Gasteiger partial charge on any atom is -0.353 e. The summed E-state index contributed by atoms with van der Waals surface area (Å²) in [6.07, 6.45) is 3.28. The van der Waals surface area contributed by atoms with Crippen LogP contribution in [0.25, 0.3) is 33.5 Å². The number of aromatic amines is 1. The molecule has 0 aromatic carbocycles. The van der Waals surface area contributed by atoms with Gasteiger partial charge in [-0.2, -0.15) is 0 Å². The van der Waals surface area contributed by atoms with E-state index in [1.165, 1.54) is 6.92 Å². The van der Waals surface area contributed by atoms with Gasteiger partial charge in [0.1, 0.15) is 5.82 Å². The van der Waals surface area contributed by atoms with Crippen LogP contribution in [0.4, 0.5) is 5.82 Å². The number of aryl methyl sites for hydroxylation is 1. The first kappa shape index (κ1) is 16.7. The van der Waals surface area contributed by atoms with Crippen molar-refractivity contribution in [2.75, 3.05) is 5.32 Å². The summed E-state index contributed by atoms with van der Waals surface area (Å²) in [6, 6.07) is 5.53. The van der Waals surface area contributed by atoms with Gasteiger partial charge in [0, 0.05) is 30.3 Å². The maximum absolute atomic E-state index is 11.3. The van der Waals surface area contributed by atoms with Gasteiger partial charge in [-0.25, -0.2) is 9.97 Å². The highest BCUT2D eigenvalue weighted by molar-refractivity contribution is 7.09. The zero-order valence-corrected chi connectivity index (χ0v) is 15.6. The van der Waals surface area contributed by atoms with Crippen LogP contribution < -0.4 is 5.32 Å². The highest BCUT2D eigenvalue weighted by Gasteiger charge is 2.19. The summed E-state index contributed by atoms with van der Waals surface area (Å²) in [5.41, 5.74) is 5.11. The van der Waals surface area contributed by atoms with Gasteiger partial charge in [0.2, 0.25) is 5.91 Å². The minimum absolute atomic E-state index is 0.171. The number of thiazole rings is 1. The summed E-state index contributed by atoms with van der Waals surface area (Å²) in [5, 5.41) is 6.24. The monoisotopic (exact) mass is 383 g/mol. The van der Waals surface area contributed by atoms with Crippen LogP contribution in [-0.2, 0) is 4.79 Å². The fourth-order valence-corrected chi connectivity index (χ4v) is 3.59. The Balaban J connectivity index is 1.96. The van der Waals surface area contributed by atoms with E-state index in [1.54, 1.807) is 23.7 Å². The van der Waals surface area contributed by atoms with Crippen LogP contribution in [0.15, 0.2) is 36.0 Å². The molecule has 0 atom stereocenters. The molecule has 130 valence electrons. The molecular weight excluding hydrogens is 370 g/mol. The second kappa shape index (κ2) is 6.51. The number of H-pyrrole nitrogens is 1. The fourth-order valence-electron chi connectivity index (χ4n) is 2.83. The molecule has 0 aliphatic carbocycles. The van der Waals surface area contributed by atoms with Crippen molar-refractivity contribution in [3.63, 3.8) is 0 Å². The van der Waals surface area contributed by atoms with Crippen molar-refractivity contribution in [1.82, 2.24) is 19.9 Å². The third-order valence-corrected chi connectivity index (χ3v) is 4.81. The van der Waals surface area contributed by atoms with Gasteiger partial charge in [0.25, 0.3) is 0 Å². The van der Waals surface area contributed by atoms with E-state index in [4.69, 9.17) is 11.6 Å². The topological polar surface area (TPSA) is 83.6 Å². The predicted octanol–water partition coefficient (Wildman–Crippen LogP) is 4.67. The number of pyridine rings is 2. The molecule has 0 radical (unpaired) electrons. The van der Waals surface area contributed by atoms with Crippen molar-refractivity contribution >= 4 is 45.7 Å². The molecule has 4 rings (SSSR count). The Morgan fingerprint density at radius 1 is 1.31 bits per heavy atom. The highest BCUT2D eigenvalue weighted by atomic mass is 35.5. The number of carbonyl (C=O) groups excluding carboxylic acids is 1. The molecule has 4 aromatic heterocycles. The molecule has 0 saturated carbocycles. The van der Waals surface area contributed by atoms with E-state index >= 15 is 0 Å². The number of nitrogens with zero attached hydrogens (tertiary/aromatic N) is 3. The largest absolute Gasteiger partial charge is 0.353 e. The Bertz CT molecular complexity index is 1130. The van der Waals surface area contributed by atoms with E-state index in [2.05, 4.69) is 25.3 Å². The number of carbonyl (C=O) groups is 1. The Hall–Kier alpha value is -2.77. The fraction of sp³-hybridized carbons (Fsp3) is 0.111. The summed E-state index contributed by atoms with van der Waals surface area (Å²) in [7, 11) is 0. The maximum atomic E-state index is 11.3. The highest BCUT2D eigenvalue weighted by Crippen LogP contribution is 2.38. The first-order valence-corrected chi connectivity index (χ1v) is 9.11. The summed E-state index contributed by atoms with van der Waals surface area (Å²) >= 11 is 7.69. The van der Waals surface area contributed by atoms with E-state index in [0.717, 1.165) is 38.6 Å². The zero-order chi connectivity index (χ0) is 18.3. The van der Waals surface area contributed by atoms with E-state index in [1.807, 2.05) is 30.5 Å². The quantitative estimate of drug-likeness (QED) is 0.538. The van der Waals surface area contributed by atoms with Crippen molar-refractivity contribution in [2.24, 2.45) is 0 Å². The molecule has 2 N–H and O–H groups in total. The zero-order valence-electron chi connectivity index (χ0n) is 14.0. The van der Waals surface area contributed by atoms with Gasteiger partial charge in [-0.05, 0) is 25.1 Å². The molecule has 1 amide bonds. The SMILES string of the molecule is CC(=O)Nc1cc(-c2[nH]c3cc(Cl)cnc3c2-c2csc(C)n2)ccn1. The number of hydrogen-bond donors (Lipinski definition) is 2. The smallest absolute Gasteiger partial charge is 0.222 e. The van der Waals surface area contributed by atoms with Crippen LogP contribution in [-0.4, -0.2) is 25.8 Å². The van der Waals surface area contributed by atoms with Crippen LogP contribution in [0.3, 0.4) is 0 Å². The van der Waals surface area contributed by atoms with Crippen molar-refractivity contribution in [3.05, 3.63) is 46.0 Å². The van der Waals surface area contributed by atoms with Gasteiger partial charge >= 0.3 is 0 Å². The lowest BCUT2D eigenvalue weighted by atomic mass is 10.1. The molecule has 4 heterocycles. The lowest BCUT2D eigenvalue weighted by molar-refractivity contribution is -0.114. The molecule has 8 heteroatoms. The molecule has 0 aliphatic rings. The van der Waals surface area contributed by atoms with Gasteiger partial charge in [0.15, 0.2) is 0 Å². The Labute approximate surface area is 158 Å². The van der Waals surface area contributed by atoms with Gasteiger partial charge in [-0.3, -0.25) is 9.78 Å². The van der Waals surface area contributed by atoms with Gasteiger partial charge < -0.3 is 10.3 Å². The number of aromatic nitrogens is 4. The molecule has 0 fully saturated rings. The van der Waals surface area contributed by atoms with Crippen LogP contribution in [0.1, 0.15) is 11.9 Å². The first-order chi connectivity index (χ1) is 12.5.